The Morgan fingerprint density at radius 3 is 2.76 bits per heavy atom. The Balaban J connectivity index is 1.79. The molecule has 1 unspecified atom stereocenters. The minimum atomic E-state index is -0.115. The van der Waals surface area contributed by atoms with Crippen LogP contribution in [0.1, 0.15) is 35.9 Å². The molecule has 2 aromatic rings. The summed E-state index contributed by atoms with van der Waals surface area (Å²) in [6.45, 7) is 4.22. The van der Waals surface area contributed by atoms with E-state index >= 15 is 0 Å². The first kappa shape index (κ1) is 14.7. The second kappa shape index (κ2) is 5.55. The quantitative estimate of drug-likeness (QED) is 0.671. The van der Waals surface area contributed by atoms with Gasteiger partial charge in [0.25, 0.3) is 0 Å². The summed E-state index contributed by atoms with van der Waals surface area (Å²) in [4.78, 5) is 0. The van der Waals surface area contributed by atoms with Gasteiger partial charge in [0, 0.05) is 11.4 Å². The van der Waals surface area contributed by atoms with E-state index in [9.17, 15) is 0 Å². The highest BCUT2D eigenvalue weighted by Gasteiger charge is 2.30. The van der Waals surface area contributed by atoms with E-state index < -0.39 is 0 Å². The molecule has 0 amide bonds. The van der Waals surface area contributed by atoms with Crippen molar-refractivity contribution in [2.24, 2.45) is 0 Å². The zero-order valence-electron chi connectivity index (χ0n) is 12.2. The van der Waals surface area contributed by atoms with Crippen LogP contribution in [0.2, 0.25) is 5.02 Å². The predicted octanol–water partition coefficient (Wildman–Crippen LogP) is 5.58. The summed E-state index contributed by atoms with van der Waals surface area (Å²) in [5.74, 6) is 0.982. The number of hydrogen-bond donors (Lipinski definition) is 0. The molecule has 0 N–H and O–H groups in total. The number of ether oxygens (including phenoxy) is 1. The number of halogens is 2. The van der Waals surface area contributed by atoms with E-state index in [4.69, 9.17) is 27.9 Å². The largest absolute Gasteiger partial charge is 0.487 e. The van der Waals surface area contributed by atoms with Gasteiger partial charge < -0.3 is 4.74 Å². The Labute approximate surface area is 135 Å². The van der Waals surface area contributed by atoms with Crippen LogP contribution in [-0.4, -0.2) is 5.60 Å². The molecule has 0 fully saturated rings. The van der Waals surface area contributed by atoms with Crippen LogP contribution in [-0.2, 0) is 12.8 Å². The zero-order chi connectivity index (χ0) is 15.0. The molecule has 0 saturated carbocycles. The fourth-order valence-electron chi connectivity index (χ4n) is 2.81. The molecule has 1 aliphatic rings. The van der Waals surface area contributed by atoms with Crippen molar-refractivity contribution in [3.63, 3.8) is 0 Å². The van der Waals surface area contributed by atoms with Crippen LogP contribution >= 0.6 is 23.2 Å². The van der Waals surface area contributed by atoms with Gasteiger partial charge in [-0.1, -0.05) is 35.9 Å². The van der Waals surface area contributed by atoms with Crippen LogP contribution in [0.3, 0.4) is 0 Å². The van der Waals surface area contributed by atoms with Gasteiger partial charge in [0.05, 0.1) is 5.38 Å². The fraction of sp³-hybridized carbons (Fsp3) is 0.333. The van der Waals surface area contributed by atoms with Crippen LogP contribution in [0.15, 0.2) is 42.5 Å². The molecule has 0 aliphatic carbocycles. The van der Waals surface area contributed by atoms with Gasteiger partial charge >= 0.3 is 0 Å². The molecule has 3 rings (SSSR count). The Hall–Kier alpha value is -1.18. The third-order valence-corrected chi connectivity index (χ3v) is 4.39. The van der Waals surface area contributed by atoms with Crippen LogP contribution < -0.4 is 4.74 Å². The smallest absolute Gasteiger partial charge is 0.123 e. The molecular weight excluding hydrogens is 303 g/mol. The summed E-state index contributed by atoms with van der Waals surface area (Å²) < 4.78 is 5.90. The van der Waals surface area contributed by atoms with Crippen molar-refractivity contribution >= 4 is 23.2 Å². The molecule has 0 spiro atoms. The number of benzene rings is 2. The predicted molar refractivity (Wildman–Crippen MR) is 88.6 cm³/mol. The normalized spacial score (nSPS) is 17.1. The standard InChI is InChI=1S/C18H18Cl2O/c1-18(2)11-14-10-13(6-7-17(14)21-18)16(20)9-12-4-3-5-15(19)8-12/h3-8,10,16H,9,11H2,1-2H3. The molecule has 1 aliphatic heterocycles. The molecule has 3 heteroatoms. The first-order chi connectivity index (χ1) is 9.93. The third kappa shape index (κ3) is 3.36. The average Bonchev–Trinajstić information content (AvgIpc) is 2.71. The Morgan fingerprint density at radius 2 is 2.00 bits per heavy atom. The average molecular weight is 321 g/mol. The summed E-state index contributed by atoms with van der Waals surface area (Å²) in [5.41, 5.74) is 3.42. The molecule has 21 heavy (non-hydrogen) atoms. The minimum Gasteiger partial charge on any atom is -0.487 e. The second-order valence-corrected chi connectivity index (χ2v) is 7.17. The van der Waals surface area contributed by atoms with E-state index in [-0.39, 0.29) is 11.0 Å². The first-order valence-corrected chi connectivity index (χ1v) is 7.95. The number of fused-ring (bicyclic) bond motifs is 1. The van der Waals surface area contributed by atoms with E-state index in [0.717, 1.165) is 34.7 Å². The highest BCUT2D eigenvalue weighted by atomic mass is 35.5. The molecule has 1 heterocycles. The van der Waals surface area contributed by atoms with Crippen molar-refractivity contribution in [2.45, 2.75) is 37.7 Å². The van der Waals surface area contributed by atoms with Crippen molar-refractivity contribution in [3.8, 4) is 5.75 Å². The van der Waals surface area contributed by atoms with Gasteiger partial charge in [0.2, 0.25) is 0 Å². The Morgan fingerprint density at radius 1 is 1.19 bits per heavy atom. The van der Waals surface area contributed by atoms with Gasteiger partial charge in [-0.25, -0.2) is 0 Å². The molecular formula is C18H18Cl2O. The molecule has 1 atom stereocenters. The van der Waals surface area contributed by atoms with Crippen molar-refractivity contribution in [1.82, 2.24) is 0 Å². The summed E-state index contributed by atoms with van der Waals surface area (Å²) >= 11 is 12.6. The van der Waals surface area contributed by atoms with E-state index in [1.54, 1.807) is 0 Å². The maximum Gasteiger partial charge on any atom is 0.123 e. The second-order valence-electron chi connectivity index (χ2n) is 6.21. The van der Waals surface area contributed by atoms with Crippen molar-refractivity contribution in [2.75, 3.05) is 0 Å². The first-order valence-electron chi connectivity index (χ1n) is 7.13. The van der Waals surface area contributed by atoms with Crippen molar-refractivity contribution in [1.29, 1.82) is 0 Å². The Bertz CT molecular complexity index is 664. The van der Waals surface area contributed by atoms with Crippen molar-refractivity contribution < 1.29 is 4.74 Å². The van der Waals surface area contributed by atoms with Crippen LogP contribution in [0.5, 0.6) is 5.75 Å². The maximum atomic E-state index is 6.58. The minimum absolute atomic E-state index is 0.0579. The molecule has 0 radical (unpaired) electrons. The molecule has 0 saturated heterocycles. The lowest BCUT2D eigenvalue weighted by Crippen LogP contribution is -2.24. The lowest BCUT2D eigenvalue weighted by atomic mass is 9.97. The Kier molecular flexibility index (Phi) is 3.90. The van der Waals surface area contributed by atoms with Gasteiger partial charge in [-0.2, -0.15) is 0 Å². The summed E-state index contributed by atoms with van der Waals surface area (Å²) in [5, 5.41) is 0.693. The maximum absolute atomic E-state index is 6.58. The van der Waals surface area contributed by atoms with E-state index in [1.807, 2.05) is 24.3 Å². The lowest BCUT2D eigenvalue weighted by Gasteiger charge is -2.16. The van der Waals surface area contributed by atoms with Gasteiger partial charge in [0.15, 0.2) is 0 Å². The topological polar surface area (TPSA) is 9.23 Å². The lowest BCUT2D eigenvalue weighted by molar-refractivity contribution is 0.138. The monoisotopic (exact) mass is 320 g/mol. The summed E-state index contributed by atoms with van der Waals surface area (Å²) in [6.07, 6.45) is 1.70. The SMILES string of the molecule is CC1(C)Cc2cc(C(Cl)Cc3cccc(Cl)c3)ccc2O1. The van der Waals surface area contributed by atoms with E-state index in [2.05, 4.69) is 32.0 Å². The molecule has 110 valence electrons. The highest BCUT2D eigenvalue weighted by Crippen LogP contribution is 2.37. The van der Waals surface area contributed by atoms with Gasteiger partial charge in [-0.3, -0.25) is 0 Å². The number of alkyl halides is 1. The highest BCUT2D eigenvalue weighted by molar-refractivity contribution is 6.30. The summed E-state index contributed by atoms with van der Waals surface area (Å²) in [6, 6.07) is 14.1. The van der Waals surface area contributed by atoms with Crippen molar-refractivity contribution in [3.05, 3.63) is 64.2 Å². The van der Waals surface area contributed by atoms with Gasteiger partial charge in [0.1, 0.15) is 11.4 Å². The third-order valence-electron chi connectivity index (χ3n) is 3.75. The van der Waals surface area contributed by atoms with Gasteiger partial charge in [-0.05, 0) is 55.2 Å². The van der Waals surface area contributed by atoms with E-state index in [0.29, 0.717) is 0 Å². The molecule has 1 nitrogen and oxygen atoms in total. The van der Waals surface area contributed by atoms with E-state index in [1.165, 1.54) is 5.56 Å². The molecule has 0 bridgehead atoms. The summed E-state index contributed by atoms with van der Waals surface area (Å²) in [7, 11) is 0. The van der Waals surface area contributed by atoms with Crippen LogP contribution in [0.4, 0.5) is 0 Å². The van der Waals surface area contributed by atoms with Crippen LogP contribution in [0, 0.1) is 0 Å². The zero-order valence-corrected chi connectivity index (χ0v) is 13.7. The number of rotatable bonds is 3. The van der Waals surface area contributed by atoms with Gasteiger partial charge in [-0.15, -0.1) is 11.6 Å². The molecule has 0 aromatic heterocycles. The van der Waals surface area contributed by atoms with Crippen LogP contribution in [0.25, 0.3) is 0 Å². The fourth-order valence-corrected chi connectivity index (χ4v) is 3.34. The number of hydrogen-bond acceptors (Lipinski definition) is 1. The molecule has 2 aromatic carbocycles.